The Kier molecular flexibility index (Phi) is 6.76. The SMILES string of the molecule is C=C1CCC(C(=O)O)CC1.CC1CCCC(C(=O)O)C1. The number of carboxylic acids is 2. The summed E-state index contributed by atoms with van der Waals surface area (Å²) in [5, 5.41) is 17.3. The van der Waals surface area contributed by atoms with Crippen LogP contribution < -0.4 is 0 Å². The van der Waals surface area contributed by atoms with Gasteiger partial charge in [0.2, 0.25) is 0 Å². The van der Waals surface area contributed by atoms with Crippen LogP contribution >= 0.6 is 0 Å². The molecule has 2 atom stereocenters. The van der Waals surface area contributed by atoms with E-state index in [4.69, 9.17) is 10.2 Å². The van der Waals surface area contributed by atoms with Crippen molar-refractivity contribution in [2.24, 2.45) is 17.8 Å². The number of carboxylic acid groups (broad SMARTS) is 2. The fourth-order valence-corrected chi connectivity index (χ4v) is 2.93. The van der Waals surface area contributed by atoms with Gasteiger partial charge in [-0.05, 0) is 44.4 Å². The van der Waals surface area contributed by atoms with Gasteiger partial charge in [0.05, 0.1) is 11.8 Å². The number of carbonyl (C=O) groups is 2. The maximum atomic E-state index is 10.5. The van der Waals surface area contributed by atoms with Gasteiger partial charge in [-0.3, -0.25) is 9.59 Å². The van der Waals surface area contributed by atoms with Gasteiger partial charge in [0.1, 0.15) is 0 Å². The molecule has 4 heteroatoms. The van der Waals surface area contributed by atoms with Crippen molar-refractivity contribution in [2.45, 2.75) is 58.3 Å². The van der Waals surface area contributed by atoms with Crippen molar-refractivity contribution >= 4 is 11.9 Å². The highest BCUT2D eigenvalue weighted by molar-refractivity contribution is 5.70. The molecule has 0 radical (unpaired) electrons. The minimum atomic E-state index is -0.646. The molecule has 0 aromatic heterocycles. The van der Waals surface area contributed by atoms with Crippen molar-refractivity contribution in [2.75, 3.05) is 0 Å². The molecule has 2 unspecified atom stereocenters. The second-order valence-corrected chi connectivity index (χ2v) is 6.17. The standard InChI is InChI=1S/C8H12O2.C8H14O2/c1-6-2-4-7(5-3-6)8(9)10;1-6-3-2-4-7(5-6)8(9)10/h7H,1-5H2,(H,9,10);6-7H,2-5H2,1H3,(H,9,10). The molecule has 114 valence electrons. The normalized spacial score (nSPS) is 27.4. The average molecular weight is 282 g/mol. The Hall–Kier alpha value is -1.32. The molecular formula is C16H26O4. The molecule has 2 aliphatic rings. The van der Waals surface area contributed by atoms with Gasteiger partial charge >= 0.3 is 11.9 Å². The van der Waals surface area contributed by atoms with Crippen LogP contribution in [0.4, 0.5) is 0 Å². The summed E-state index contributed by atoms with van der Waals surface area (Å²) in [6, 6.07) is 0. The molecule has 0 spiro atoms. The zero-order valence-electron chi connectivity index (χ0n) is 12.3. The molecule has 2 aliphatic carbocycles. The van der Waals surface area contributed by atoms with Crippen molar-refractivity contribution in [3.63, 3.8) is 0 Å². The van der Waals surface area contributed by atoms with Crippen LogP contribution in [0.25, 0.3) is 0 Å². The number of hydrogen-bond acceptors (Lipinski definition) is 2. The van der Waals surface area contributed by atoms with E-state index in [1.54, 1.807) is 0 Å². The molecule has 0 bridgehead atoms. The zero-order valence-corrected chi connectivity index (χ0v) is 12.3. The zero-order chi connectivity index (χ0) is 15.1. The molecule has 0 saturated heterocycles. The Labute approximate surface area is 120 Å². The fourth-order valence-electron chi connectivity index (χ4n) is 2.93. The summed E-state index contributed by atoms with van der Waals surface area (Å²) in [7, 11) is 0. The van der Waals surface area contributed by atoms with Crippen molar-refractivity contribution in [3.8, 4) is 0 Å². The first kappa shape index (κ1) is 16.7. The van der Waals surface area contributed by atoms with Crippen LogP contribution in [0.5, 0.6) is 0 Å². The monoisotopic (exact) mass is 282 g/mol. The Bertz CT molecular complexity index is 351. The van der Waals surface area contributed by atoms with Gasteiger partial charge in [0, 0.05) is 0 Å². The van der Waals surface area contributed by atoms with Crippen molar-refractivity contribution in [1.29, 1.82) is 0 Å². The van der Waals surface area contributed by atoms with Crippen molar-refractivity contribution in [3.05, 3.63) is 12.2 Å². The van der Waals surface area contributed by atoms with E-state index in [-0.39, 0.29) is 11.8 Å². The predicted molar refractivity (Wildman–Crippen MR) is 77.5 cm³/mol. The van der Waals surface area contributed by atoms with Crippen molar-refractivity contribution in [1.82, 2.24) is 0 Å². The summed E-state index contributed by atoms with van der Waals surface area (Å²) in [5.74, 6) is -0.789. The van der Waals surface area contributed by atoms with Crippen LogP contribution in [0.15, 0.2) is 12.2 Å². The molecule has 0 aromatic rings. The van der Waals surface area contributed by atoms with Gasteiger partial charge in [-0.25, -0.2) is 0 Å². The Morgan fingerprint density at radius 3 is 1.95 bits per heavy atom. The average Bonchev–Trinajstić information content (AvgIpc) is 2.40. The molecule has 4 nitrogen and oxygen atoms in total. The van der Waals surface area contributed by atoms with E-state index < -0.39 is 11.9 Å². The third-order valence-corrected chi connectivity index (χ3v) is 4.33. The number of allylic oxidation sites excluding steroid dienone is 1. The van der Waals surface area contributed by atoms with E-state index in [2.05, 4.69) is 13.5 Å². The van der Waals surface area contributed by atoms with Gasteiger partial charge in [0.15, 0.2) is 0 Å². The molecule has 0 aliphatic heterocycles. The fraction of sp³-hybridized carbons (Fsp3) is 0.750. The Balaban J connectivity index is 0.000000200. The summed E-state index contributed by atoms with van der Waals surface area (Å²) >= 11 is 0. The van der Waals surface area contributed by atoms with Crippen molar-refractivity contribution < 1.29 is 19.8 Å². The first-order valence-electron chi connectivity index (χ1n) is 7.52. The lowest BCUT2D eigenvalue weighted by Gasteiger charge is -2.22. The Morgan fingerprint density at radius 2 is 1.55 bits per heavy atom. The molecule has 0 heterocycles. The maximum Gasteiger partial charge on any atom is 0.306 e. The summed E-state index contributed by atoms with van der Waals surface area (Å²) in [5.41, 5.74) is 1.21. The topological polar surface area (TPSA) is 74.6 Å². The number of hydrogen-bond donors (Lipinski definition) is 2. The van der Waals surface area contributed by atoms with Crippen LogP contribution in [-0.2, 0) is 9.59 Å². The lowest BCUT2D eigenvalue weighted by molar-refractivity contribution is -0.143. The van der Waals surface area contributed by atoms with Crippen LogP contribution in [0.2, 0.25) is 0 Å². The lowest BCUT2D eigenvalue weighted by Crippen LogP contribution is -2.20. The van der Waals surface area contributed by atoms with Gasteiger partial charge in [-0.1, -0.05) is 31.9 Å². The molecule has 0 aromatic carbocycles. The molecule has 2 saturated carbocycles. The summed E-state index contributed by atoms with van der Waals surface area (Å²) < 4.78 is 0. The Morgan fingerprint density at radius 1 is 1.00 bits per heavy atom. The largest absolute Gasteiger partial charge is 0.481 e. The summed E-state index contributed by atoms with van der Waals surface area (Å²) in [6.07, 6.45) is 7.45. The third-order valence-electron chi connectivity index (χ3n) is 4.33. The quantitative estimate of drug-likeness (QED) is 0.757. The van der Waals surface area contributed by atoms with E-state index in [0.29, 0.717) is 5.92 Å². The van der Waals surface area contributed by atoms with E-state index in [0.717, 1.165) is 44.9 Å². The van der Waals surface area contributed by atoms with E-state index >= 15 is 0 Å². The van der Waals surface area contributed by atoms with E-state index in [1.807, 2.05) is 0 Å². The minimum absolute atomic E-state index is 0.0521. The summed E-state index contributed by atoms with van der Waals surface area (Å²) in [4.78, 5) is 20.9. The van der Waals surface area contributed by atoms with Crippen LogP contribution in [0.3, 0.4) is 0 Å². The first-order valence-corrected chi connectivity index (χ1v) is 7.52. The summed E-state index contributed by atoms with van der Waals surface area (Å²) in [6.45, 7) is 5.95. The number of aliphatic carboxylic acids is 2. The van der Waals surface area contributed by atoms with Gasteiger partial charge in [-0.2, -0.15) is 0 Å². The molecule has 2 rings (SSSR count). The predicted octanol–water partition coefficient (Wildman–Crippen LogP) is 3.71. The van der Waals surface area contributed by atoms with Gasteiger partial charge in [-0.15, -0.1) is 0 Å². The molecule has 2 fully saturated rings. The third kappa shape index (κ3) is 5.76. The van der Waals surface area contributed by atoms with E-state index in [9.17, 15) is 9.59 Å². The molecular weight excluding hydrogens is 256 g/mol. The highest BCUT2D eigenvalue weighted by atomic mass is 16.4. The lowest BCUT2D eigenvalue weighted by atomic mass is 9.83. The van der Waals surface area contributed by atoms with Gasteiger partial charge in [0.25, 0.3) is 0 Å². The molecule has 0 amide bonds. The highest BCUT2D eigenvalue weighted by Gasteiger charge is 2.24. The minimum Gasteiger partial charge on any atom is -0.481 e. The molecule has 2 N–H and O–H groups in total. The molecule has 20 heavy (non-hydrogen) atoms. The van der Waals surface area contributed by atoms with E-state index in [1.165, 1.54) is 12.0 Å². The van der Waals surface area contributed by atoms with Crippen LogP contribution in [0.1, 0.15) is 58.3 Å². The number of rotatable bonds is 2. The van der Waals surface area contributed by atoms with Crippen LogP contribution in [-0.4, -0.2) is 22.2 Å². The van der Waals surface area contributed by atoms with Gasteiger partial charge < -0.3 is 10.2 Å². The smallest absolute Gasteiger partial charge is 0.306 e. The maximum absolute atomic E-state index is 10.5. The second kappa shape index (κ2) is 8.08. The van der Waals surface area contributed by atoms with Crippen LogP contribution in [0, 0.1) is 17.8 Å². The first-order chi connectivity index (χ1) is 9.40. The second-order valence-electron chi connectivity index (χ2n) is 6.17. The highest BCUT2D eigenvalue weighted by Crippen LogP contribution is 2.28.